The first kappa shape index (κ1) is 34.0. The maximum absolute atomic E-state index is 15.3. The van der Waals surface area contributed by atoms with Gasteiger partial charge in [-0.1, -0.05) is 44.1 Å². The molecule has 2 heterocycles. The number of carbonyl (C=O) groups excluding carboxylic acids is 2. The first-order chi connectivity index (χ1) is 17.9. The molecule has 0 saturated carbocycles. The minimum atomic E-state index is -3.50. The predicted octanol–water partition coefficient (Wildman–Crippen LogP) is 2.48. The van der Waals surface area contributed by atoms with Gasteiger partial charge in [-0.3, -0.25) is 14.2 Å². The van der Waals surface area contributed by atoms with E-state index >= 15 is 4.39 Å². The van der Waals surface area contributed by atoms with Crippen molar-refractivity contribution >= 4 is 58.7 Å². The molecule has 1 aliphatic heterocycles. The fraction of sp³-hybridized carbons (Fsp3) is 0.727. The van der Waals surface area contributed by atoms with Crippen LogP contribution >= 0.6 is 30.0 Å². The molecule has 12 nitrogen and oxygen atoms in total. The normalized spacial score (nSPS) is 25.8. The molecule has 2 rings (SSSR count). The highest BCUT2D eigenvalue weighted by Gasteiger charge is 2.58. The highest BCUT2D eigenvalue weighted by Crippen LogP contribution is 2.48. The van der Waals surface area contributed by atoms with E-state index in [0.717, 1.165) is 22.5 Å². The summed E-state index contributed by atoms with van der Waals surface area (Å²) in [4.78, 5) is 40.3. The van der Waals surface area contributed by atoms with Gasteiger partial charge in [-0.15, -0.1) is 0 Å². The molecule has 1 aromatic heterocycles. The van der Waals surface area contributed by atoms with Gasteiger partial charge >= 0.3 is 11.7 Å². The summed E-state index contributed by atoms with van der Waals surface area (Å²) in [7, 11) is 0. The van der Waals surface area contributed by atoms with E-state index < -0.39 is 59.9 Å². The van der Waals surface area contributed by atoms with Crippen LogP contribution in [-0.4, -0.2) is 74.2 Å². The lowest BCUT2D eigenvalue weighted by molar-refractivity contribution is -0.149. The Bertz CT molecular complexity index is 1140. The largest absolute Gasteiger partial charge is 0.462 e. The molecule has 1 aromatic rings. The molecule has 39 heavy (non-hydrogen) atoms. The van der Waals surface area contributed by atoms with Crippen LogP contribution in [0.2, 0.25) is 0 Å². The number of rotatable bonds is 12. The average molecular weight is 633 g/mol. The maximum Gasteiger partial charge on any atom is 0.351 e. The smallest absolute Gasteiger partial charge is 0.351 e. The van der Waals surface area contributed by atoms with Crippen molar-refractivity contribution in [3.8, 4) is 0 Å². The van der Waals surface area contributed by atoms with Crippen LogP contribution in [0.5, 0.6) is 0 Å². The third kappa shape index (κ3) is 9.44. The first-order valence-electron chi connectivity index (χ1n) is 12.0. The number of ether oxygens (including phenoxy) is 2. The van der Waals surface area contributed by atoms with Crippen molar-refractivity contribution in [3.05, 3.63) is 22.7 Å². The Kier molecular flexibility index (Phi) is 11.9. The molecule has 0 aliphatic carbocycles. The molecule has 222 valence electrons. The summed E-state index contributed by atoms with van der Waals surface area (Å²) >= 11 is 12.6. The third-order valence-electron chi connectivity index (χ3n) is 5.14. The van der Waals surface area contributed by atoms with Crippen LogP contribution in [-0.2, 0) is 39.9 Å². The number of nitrogens with one attached hydrogen (secondary N) is 1. The topological polar surface area (TPSA) is 164 Å². The molecule has 4 N–H and O–H groups in total. The Hall–Kier alpha value is -1.16. The number of carbonyl (C=O) groups is 2. The molecular weight excluding hydrogens is 598 g/mol. The molecule has 17 heteroatoms. The zero-order chi connectivity index (χ0) is 29.8. The quantitative estimate of drug-likeness (QED) is 0.133. The molecule has 0 amide bonds. The number of anilines is 1. The number of nitrogens with zero attached hydrogens (tertiary/aromatic N) is 2. The van der Waals surface area contributed by atoms with Gasteiger partial charge in [0.25, 0.3) is 11.8 Å². The number of alkyl halides is 2. The Labute approximate surface area is 240 Å². The molecule has 0 bridgehead atoms. The highest BCUT2D eigenvalue weighted by molar-refractivity contribution is 8.13. The number of aliphatic hydroxyl groups excluding tert-OH is 1. The van der Waals surface area contributed by atoms with Gasteiger partial charge in [0, 0.05) is 17.4 Å². The number of nitrogens with two attached hydrogens (primary N) is 1. The summed E-state index contributed by atoms with van der Waals surface area (Å²) in [5.74, 6) is -0.457. The van der Waals surface area contributed by atoms with E-state index in [1.807, 2.05) is 0 Å². The molecule has 1 saturated heterocycles. The Morgan fingerprint density at radius 3 is 2.62 bits per heavy atom. The van der Waals surface area contributed by atoms with Gasteiger partial charge in [0.05, 0.1) is 19.3 Å². The summed E-state index contributed by atoms with van der Waals surface area (Å²) in [6.07, 6.45) is -4.33. The summed E-state index contributed by atoms with van der Waals surface area (Å²) in [5.41, 5.74) is 3.99. The van der Waals surface area contributed by atoms with Crippen LogP contribution < -0.4 is 16.5 Å². The first-order valence-corrected chi connectivity index (χ1v) is 16.0. The number of hydrogen-bond acceptors (Lipinski definition) is 12. The fourth-order valence-corrected chi connectivity index (χ4v) is 6.69. The summed E-state index contributed by atoms with van der Waals surface area (Å²) < 4.78 is 38.3. The molecule has 1 aliphatic rings. The summed E-state index contributed by atoms with van der Waals surface area (Å²) in [6, 6.07) is 0.294. The lowest BCUT2D eigenvalue weighted by Crippen LogP contribution is -2.41. The molecular formula is C22H35ClFN4O8PS2. The number of thioether (sulfide) groups is 1. The maximum atomic E-state index is 15.3. The van der Waals surface area contributed by atoms with Crippen molar-refractivity contribution < 1.29 is 37.6 Å². The van der Waals surface area contributed by atoms with E-state index in [1.54, 1.807) is 34.6 Å². The van der Waals surface area contributed by atoms with Crippen molar-refractivity contribution in [2.75, 3.05) is 24.7 Å². The molecule has 6 atom stereocenters. The van der Waals surface area contributed by atoms with E-state index in [1.165, 1.54) is 13.0 Å². The van der Waals surface area contributed by atoms with E-state index in [-0.39, 0.29) is 29.4 Å². The monoisotopic (exact) mass is 632 g/mol. The van der Waals surface area contributed by atoms with Crippen molar-refractivity contribution in [2.24, 2.45) is 5.41 Å². The number of halogens is 2. The molecule has 0 aromatic carbocycles. The van der Waals surface area contributed by atoms with Crippen molar-refractivity contribution in [2.45, 2.75) is 77.3 Å². The van der Waals surface area contributed by atoms with Gasteiger partial charge in [-0.25, -0.2) is 14.3 Å². The number of aliphatic hydroxyl groups is 1. The zero-order valence-corrected chi connectivity index (χ0v) is 25.7. The fourth-order valence-electron chi connectivity index (χ4n) is 3.13. The minimum Gasteiger partial charge on any atom is -0.462 e. The standard InChI is InChI=1S/C22H35ClFN4O8PS2/c1-12(2)35-17(30)13(3)27-37(38,33-9-10-39-19(31)21(4,5)6)34-11-14-16(29)22(23,24)18(36-14)28-8-7-15(25)26-20(28)32/h7-8,12-14,16,18,29H,9-11H2,1-6H3,(H,27,38)(H2,25,26,32). The molecule has 1 fully saturated rings. The Morgan fingerprint density at radius 2 is 2.05 bits per heavy atom. The second kappa shape index (κ2) is 13.7. The van der Waals surface area contributed by atoms with E-state index in [2.05, 4.69) is 10.1 Å². The van der Waals surface area contributed by atoms with Gasteiger partial charge in [-0.2, -0.15) is 4.98 Å². The van der Waals surface area contributed by atoms with Crippen molar-refractivity contribution in [3.63, 3.8) is 0 Å². The highest BCUT2D eigenvalue weighted by atomic mass is 35.5. The van der Waals surface area contributed by atoms with Gasteiger partial charge in [0.15, 0.2) is 11.3 Å². The second-order valence-electron chi connectivity index (χ2n) is 10.0. The number of aromatic nitrogens is 2. The van der Waals surface area contributed by atoms with Crippen LogP contribution in [0.1, 0.15) is 47.8 Å². The number of esters is 1. The molecule has 0 spiro atoms. The van der Waals surface area contributed by atoms with E-state index in [9.17, 15) is 19.5 Å². The lowest BCUT2D eigenvalue weighted by atomic mass is 10.00. The van der Waals surface area contributed by atoms with Crippen LogP contribution in [0.15, 0.2) is 17.1 Å². The number of nitrogen functional groups attached to an aromatic ring is 1. The van der Waals surface area contributed by atoms with Gasteiger partial charge in [0.1, 0.15) is 24.1 Å². The second-order valence-corrected chi connectivity index (χ2v) is 14.9. The van der Waals surface area contributed by atoms with Crippen LogP contribution in [0.4, 0.5) is 10.2 Å². The average Bonchev–Trinajstić information content (AvgIpc) is 3.03. The van der Waals surface area contributed by atoms with Crippen molar-refractivity contribution in [1.82, 2.24) is 14.6 Å². The minimum absolute atomic E-state index is 0.0194. The number of hydrogen-bond donors (Lipinski definition) is 3. The van der Waals surface area contributed by atoms with Gasteiger partial charge in [-0.05, 0) is 38.6 Å². The van der Waals surface area contributed by atoms with Gasteiger partial charge < -0.3 is 29.4 Å². The summed E-state index contributed by atoms with van der Waals surface area (Å²) in [6.45, 7) is 6.20. The third-order valence-corrected chi connectivity index (χ3v) is 9.46. The molecule has 0 radical (unpaired) electrons. The Balaban J connectivity index is 2.16. The van der Waals surface area contributed by atoms with Crippen LogP contribution in [0, 0.1) is 5.41 Å². The van der Waals surface area contributed by atoms with Crippen LogP contribution in [0.3, 0.4) is 0 Å². The van der Waals surface area contributed by atoms with Gasteiger partial charge in [0.2, 0.25) is 0 Å². The SMILES string of the molecule is CC(C)OC(=O)C(C)NP(=S)(OCCSC(=O)C(C)(C)C)OCC1OC(n2ccc(N)nc2=O)C(F)(Cl)C1O. The predicted molar refractivity (Wildman–Crippen MR) is 149 cm³/mol. The van der Waals surface area contributed by atoms with E-state index in [4.69, 9.17) is 47.7 Å². The van der Waals surface area contributed by atoms with E-state index in [0.29, 0.717) is 0 Å². The zero-order valence-electron chi connectivity index (χ0n) is 22.5. The van der Waals surface area contributed by atoms with Crippen LogP contribution in [0.25, 0.3) is 0 Å². The Morgan fingerprint density at radius 1 is 1.41 bits per heavy atom. The lowest BCUT2D eigenvalue weighted by Gasteiger charge is -2.28. The summed E-state index contributed by atoms with van der Waals surface area (Å²) in [5, 5.41) is 10.4. The van der Waals surface area contributed by atoms with Crippen molar-refractivity contribution in [1.29, 1.82) is 0 Å². The molecule has 6 unspecified atom stereocenters.